The molecule has 1 aliphatic heterocycles. The molecule has 76 valence electrons. The maximum atomic E-state index is 11.0. The molecule has 0 N–H and O–H groups in total. The standard InChI is InChI=1S/C6H5ClN2O3S2/c7-14(11,12)9-4(3-5(9)10)6-8-1-2-13-6/h1-2,4H,3H2. The van der Waals surface area contributed by atoms with E-state index < -0.39 is 21.2 Å². The van der Waals surface area contributed by atoms with Crippen LogP contribution in [-0.4, -0.2) is 23.6 Å². The van der Waals surface area contributed by atoms with Gasteiger partial charge in [-0.05, 0) is 0 Å². The molecule has 1 saturated heterocycles. The van der Waals surface area contributed by atoms with Crippen molar-refractivity contribution in [3.63, 3.8) is 0 Å². The van der Waals surface area contributed by atoms with Crippen molar-refractivity contribution in [1.82, 2.24) is 9.29 Å². The van der Waals surface area contributed by atoms with Crippen molar-refractivity contribution in [2.24, 2.45) is 0 Å². The van der Waals surface area contributed by atoms with Gasteiger partial charge in [-0.15, -0.1) is 11.3 Å². The van der Waals surface area contributed by atoms with Crippen molar-refractivity contribution in [1.29, 1.82) is 0 Å². The average Bonchev–Trinajstić information content (AvgIpc) is 2.47. The number of hydrogen-bond acceptors (Lipinski definition) is 5. The van der Waals surface area contributed by atoms with Crippen molar-refractivity contribution < 1.29 is 13.2 Å². The van der Waals surface area contributed by atoms with Crippen LogP contribution in [0.5, 0.6) is 0 Å². The molecule has 5 nitrogen and oxygen atoms in total. The lowest BCUT2D eigenvalue weighted by Crippen LogP contribution is -2.47. The van der Waals surface area contributed by atoms with Crippen molar-refractivity contribution in [3.05, 3.63) is 16.6 Å². The van der Waals surface area contributed by atoms with Crippen LogP contribution in [0.3, 0.4) is 0 Å². The number of thiazole rings is 1. The highest BCUT2D eigenvalue weighted by molar-refractivity contribution is 8.12. The van der Waals surface area contributed by atoms with E-state index in [-0.39, 0.29) is 6.42 Å². The van der Waals surface area contributed by atoms with Gasteiger partial charge < -0.3 is 0 Å². The number of aromatic nitrogens is 1. The molecular formula is C6H5ClN2O3S2. The lowest BCUT2D eigenvalue weighted by molar-refractivity contribution is -0.137. The number of nitrogens with zero attached hydrogens (tertiary/aromatic N) is 2. The van der Waals surface area contributed by atoms with Crippen molar-refractivity contribution in [2.75, 3.05) is 0 Å². The topological polar surface area (TPSA) is 67.3 Å². The van der Waals surface area contributed by atoms with Gasteiger partial charge in [-0.25, -0.2) is 9.29 Å². The largest absolute Gasteiger partial charge is 0.324 e. The third kappa shape index (κ3) is 1.51. The lowest BCUT2D eigenvalue weighted by atomic mass is 10.1. The second kappa shape index (κ2) is 3.18. The second-order valence-corrected chi connectivity index (χ2v) is 6.04. The van der Waals surface area contributed by atoms with Gasteiger partial charge in [0.15, 0.2) is 0 Å². The van der Waals surface area contributed by atoms with Crippen molar-refractivity contribution in [3.8, 4) is 0 Å². The first-order chi connectivity index (χ1) is 6.50. The minimum Gasteiger partial charge on any atom is -0.274 e. The summed E-state index contributed by atoms with van der Waals surface area (Å²) in [6.07, 6.45) is 1.71. The highest BCUT2D eigenvalue weighted by atomic mass is 35.7. The third-order valence-electron chi connectivity index (χ3n) is 1.87. The van der Waals surface area contributed by atoms with Crippen LogP contribution < -0.4 is 0 Å². The predicted octanol–water partition coefficient (Wildman–Crippen LogP) is 0.900. The molecule has 0 spiro atoms. The van der Waals surface area contributed by atoms with E-state index >= 15 is 0 Å². The van der Waals surface area contributed by atoms with E-state index in [1.807, 2.05) is 0 Å². The summed E-state index contributed by atoms with van der Waals surface area (Å²) in [7, 11) is 1.13. The summed E-state index contributed by atoms with van der Waals surface area (Å²) in [6.45, 7) is 0. The number of rotatable bonds is 2. The molecular weight excluding hydrogens is 248 g/mol. The first kappa shape index (κ1) is 9.88. The minimum atomic E-state index is -3.97. The van der Waals surface area contributed by atoms with Crippen molar-refractivity contribution in [2.45, 2.75) is 12.5 Å². The molecule has 1 aliphatic rings. The van der Waals surface area contributed by atoms with E-state index in [1.54, 1.807) is 11.6 Å². The first-order valence-electron chi connectivity index (χ1n) is 3.66. The lowest BCUT2D eigenvalue weighted by Gasteiger charge is -2.35. The van der Waals surface area contributed by atoms with Crippen LogP contribution in [0.4, 0.5) is 0 Å². The zero-order valence-electron chi connectivity index (χ0n) is 6.75. The molecule has 1 aromatic rings. The Bertz CT molecular complexity index is 455. The number of amides is 1. The molecule has 1 unspecified atom stereocenters. The Morgan fingerprint density at radius 1 is 1.64 bits per heavy atom. The third-order valence-corrected chi connectivity index (χ3v) is 4.12. The van der Waals surface area contributed by atoms with Gasteiger partial charge in [-0.3, -0.25) is 4.79 Å². The average molecular weight is 253 g/mol. The highest BCUT2D eigenvalue weighted by Gasteiger charge is 2.45. The number of halogens is 1. The van der Waals surface area contributed by atoms with E-state index in [0.29, 0.717) is 9.31 Å². The van der Waals surface area contributed by atoms with Crippen LogP contribution in [0.1, 0.15) is 17.5 Å². The molecule has 1 aromatic heterocycles. The van der Waals surface area contributed by atoms with Gasteiger partial charge in [0.2, 0.25) is 5.91 Å². The van der Waals surface area contributed by atoms with Crippen LogP contribution >= 0.6 is 22.0 Å². The fourth-order valence-electron chi connectivity index (χ4n) is 1.26. The van der Waals surface area contributed by atoms with Gasteiger partial charge in [0, 0.05) is 22.3 Å². The molecule has 14 heavy (non-hydrogen) atoms. The maximum Gasteiger partial charge on any atom is 0.324 e. The van der Waals surface area contributed by atoms with E-state index in [4.69, 9.17) is 10.7 Å². The Balaban J connectivity index is 2.30. The predicted molar refractivity (Wildman–Crippen MR) is 51.1 cm³/mol. The summed E-state index contributed by atoms with van der Waals surface area (Å²) in [5.41, 5.74) is 0. The number of hydrogen-bond donors (Lipinski definition) is 0. The van der Waals surface area contributed by atoms with Crippen LogP contribution in [0.25, 0.3) is 0 Å². The molecule has 1 fully saturated rings. The molecule has 0 saturated carbocycles. The molecule has 1 amide bonds. The molecule has 0 bridgehead atoms. The number of carbonyl (C=O) groups excluding carboxylic acids is 1. The summed E-state index contributed by atoms with van der Waals surface area (Å²) in [6, 6.07) is -0.509. The normalized spacial score (nSPS) is 22.2. The van der Waals surface area contributed by atoms with Crippen LogP contribution in [0.15, 0.2) is 11.6 Å². The molecule has 0 radical (unpaired) electrons. The Kier molecular flexibility index (Phi) is 2.24. The number of β-lactam (4-membered cyclic amide) rings is 1. The Morgan fingerprint density at radius 2 is 2.36 bits per heavy atom. The van der Waals surface area contributed by atoms with Crippen LogP contribution in [0, 0.1) is 0 Å². The van der Waals surface area contributed by atoms with E-state index in [0.717, 1.165) is 0 Å². The van der Waals surface area contributed by atoms with Crippen LogP contribution in [0.2, 0.25) is 0 Å². The zero-order chi connectivity index (χ0) is 10.3. The highest BCUT2D eigenvalue weighted by Crippen LogP contribution is 2.38. The van der Waals surface area contributed by atoms with Crippen LogP contribution in [-0.2, 0) is 14.0 Å². The summed E-state index contributed by atoms with van der Waals surface area (Å²) < 4.78 is 22.6. The van der Waals surface area contributed by atoms with Gasteiger partial charge in [0.1, 0.15) is 11.0 Å². The van der Waals surface area contributed by atoms with E-state index in [9.17, 15) is 13.2 Å². The molecule has 1 atom stereocenters. The molecule has 0 aromatic carbocycles. The Morgan fingerprint density at radius 3 is 2.79 bits per heavy atom. The minimum absolute atomic E-state index is 0.152. The summed E-state index contributed by atoms with van der Waals surface area (Å²) in [5, 5.41) is 2.31. The number of carbonyl (C=O) groups is 1. The van der Waals surface area contributed by atoms with E-state index in [1.165, 1.54) is 11.3 Å². The quantitative estimate of drug-likeness (QED) is 0.579. The summed E-state index contributed by atoms with van der Waals surface area (Å²) >= 11 is 1.30. The summed E-state index contributed by atoms with van der Waals surface area (Å²) in [5.74, 6) is -0.486. The van der Waals surface area contributed by atoms with Crippen molar-refractivity contribution >= 4 is 37.2 Å². The molecule has 8 heteroatoms. The molecule has 0 aliphatic carbocycles. The van der Waals surface area contributed by atoms with Gasteiger partial charge >= 0.3 is 9.24 Å². The Labute approximate surface area is 88.9 Å². The van der Waals surface area contributed by atoms with Gasteiger partial charge in [-0.1, -0.05) is 0 Å². The molecule has 2 heterocycles. The van der Waals surface area contributed by atoms with Gasteiger partial charge in [-0.2, -0.15) is 8.42 Å². The smallest absolute Gasteiger partial charge is 0.274 e. The fourth-order valence-corrected chi connectivity index (χ4v) is 3.37. The maximum absolute atomic E-state index is 11.0. The summed E-state index contributed by atoms with van der Waals surface area (Å²) in [4.78, 5) is 15.0. The Hall–Kier alpha value is -0.660. The fraction of sp³-hybridized carbons (Fsp3) is 0.333. The SMILES string of the molecule is O=C1CC(c2nccs2)N1S(=O)(=O)Cl. The molecule has 2 rings (SSSR count). The van der Waals surface area contributed by atoms with Gasteiger partial charge in [0.05, 0.1) is 6.42 Å². The monoisotopic (exact) mass is 252 g/mol. The van der Waals surface area contributed by atoms with E-state index in [2.05, 4.69) is 4.98 Å². The second-order valence-electron chi connectivity index (χ2n) is 2.72. The van der Waals surface area contributed by atoms with Gasteiger partial charge in [0.25, 0.3) is 0 Å². The zero-order valence-corrected chi connectivity index (χ0v) is 9.14. The first-order valence-corrected chi connectivity index (χ1v) is 6.81.